The first-order chi connectivity index (χ1) is 5.79. The van der Waals surface area contributed by atoms with Gasteiger partial charge in [0.1, 0.15) is 0 Å². The van der Waals surface area contributed by atoms with E-state index in [9.17, 15) is 0 Å². The van der Waals surface area contributed by atoms with Crippen molar-refractivity contribution in [2.45, 2.75) is 13.5 Å². The maximum atomic E-state index is 5.51. The number of rotatable bonds is 1. The second kappa shape index (κ2) is 2.60. The van der Waals surface area contributed by atoms with E-state index in [2.05, 4.69) is 5.10 Å². The second-order valence-electron chi connectivity index (χ2n) is 2.90. The highest BCUT2D eigenvalue weighted by molar-refractivity contribution is 5.47. The van der Waals surface area contributed by atoms with Gasteiger partial charge in [-0.3, -0.25) is 0 Å². The van der Waals surface area contributed by atoms with Crippen molar-refractivity contribution in [3.05, 3.63) is 35.7 Å². The monoisotopic (exact) mass is 161 g/mol. The Balaban J connectivity index is 2.66. The fourth-order valence-electron chi connectivity index (χ4n) is 1.28. The van der Waals surface area contributed by atoms with Crippen LogP contribution in [0, 0.1) is 6.92 Å². The van der Waals surface area contributed by atoms with Gasteiger partial charge in [-0.25, -0.2) is 4.52 Å². The lowest BCUT2D eigenvalue weighted by Crippen LogP contribution is -1.98. The van der Waals surface area contributed by atoms with Crippen LogP contribution in [0.4, 0.5) is 0 Å². The molecule has 0 unspecified atom stereocenters. The zero-order chi connectivity index (χ0) is 8.55. The van der Waals surface area contributed by atoms with E-state index in [1.165, 1.54) is 0 Å². The summed E-state index contributed by atoms with van der Waals surface area (Å²) in [5.41, 5.74) is 8.76. The summed E-state index contributed by atoms with van der Waals surface area (Å²) in [4.78, 5) is 0. The number of nitrogens with zero attached hydrogens (tertiary/aromatic N) is 2. The molecule has 2 aromatic heterocycles. The van der Waals surface area contributed by atoms with Gasteiger partial charge in [-0.05, 0) is 24.6 Å². The first kappa shape index (κ1) is 7.31. The van der Waals surface area contributed by atoms with Crippen molar-refractivity contribution in [1.29, 1.82) is 0 Å². The highest BCUT2D eigenvalue weighted by atomic mass is 15.2. The SMILES string of the molecule is Cc1cc2ccc(CN)cn2n1. The zero-order valence-corrected chi connectivity index (χ0v) is 6.99. The van der Waals surface area contributed by atoms with Crippen LogP contribution in [-0.2, 0) is 6.54 Å². The van der Waals surface area contributed by atoms with Crippen molar-refractivity contribution in [2.75, 3.05) is 0 Å². The summed E-state index contributed by atoms with van der Waals surface area (Å²) < 4.78 is 1.86. The molecule has 0 aliphatic heterocycles. The highest BCUT2D eigenvalue weighted by Gasteiger charge is 1.96. The lowest BCUT2D eigenvalue weighted by Gasteiger charge is -1.96. The van der Waals surface area contributed by atoms with Crippen molar-refractivity contribution in [3.8, 4) is 0 Å². The van der Waals surface area contributed by atoms with Gasteiger partial charge in [0.25, 0.3) is 0 Å². The molecule has 12 heavy (non-hydrogen) atoms. The summed E-state index contributed by atoms with van der Waals surface area (Å²) >= 11 is 0. The molecular weight excluding hydrogens is 150 g/mol. The van der Waals surface area contributed by atoms with Crippen LogP contribution in [0.15, 0.2) is 24.4 Å². The number of aryl methyl sites for hydroxylation is 1. The molecule has 2 N–H and O–H groups in total. The van der Waals surface area contributed by atoms with E-state index in [0.29, 0.717) is 6.54 Å². The Morgan fingerprint density at radius 3 is 3.08 bits per heavy atom. The minimum Gasteiger partial charge on any atom is -0.326 e. The summed E-state index contributed by atoms with van der Waals surface area (Å²) in [6, 6.07) is 6.10. The largest absolute Gasteiger partial charge is 0.326 e. The van der Waals surface area contributed by atoms with Crippen LogP contribution in [0.25, 0.3) is 5.52 Å². The number of hydrogen-bond donors (Lipinski definition) is 1. The molecule has 3 heteroatoms. The van der Waals surface area contributed by atoms with Crippen LogP contribution in [-0.4, -0.2) is 9.61 Å². The van der Waals surface area contributed by atoms with E-state index in [0.717, 1.165) is 16.8 Å². The lowest BCUT2D eigenvalue weighted by atomic mass is 10.3. The van der Waals surface area contributed by atoms with Gasteiger partial charge in [0.2, 0.25) is 0 Å². The first-order valence-electron chi connectivity index (χ1n) is 3.94. The summed E-state index contributed by atoms with van der Waals surface area (Å²) in [5.74, 6) is 0. The molecule has 0 amide bonds. The van der Waals surface area contributed by atoms with Gasteiger partial charge in [-0.1, -0.05) is 6.07 Å². The molecule has 0 aliphatic carbocycles. The summed E-state index contributed by atoms with van der Waals surface area (Å²) in [6.45, 7) is 2.55. The standard InChI is InChI=1S/C9H11N3/c1-7-4-9-3-2-8(5-10)6-12(9)11-7/h2-4,6H,5,10H2,1H3. The molecule has 2 rings (SSSR count). The van der Waals surface area contributed by atoms with Crippen LogP contribution in [0.2, 0.25) is 0 Å². The molecular formula is C9H11N3. The predicted molar refractivity (Wildman–Crippen MR) is 47.8 cm³/mol. The Hall–Kier alpha value is -1.35. The third-order valence-corrected chi connectivity index (χ3v) is 1.88. The van der Waals surface area contributed by atoms with Gasteiger partial charge in [0.15, 0.2) is 0 Å². The molecule has 0 saturated carbocycles. The van der Waals surface area contributed by atoms with E-state index >= 15 is 0 Å². The van der Waals surface area contributed by atoms with Gasteiger partial charge >= 0.3 is 0 Å². The van der Waals surface area contributed by atoms with Crippen LogP contribution in [0.5, 0.6) is 0 Å². The third kappa shape index (κ3) is 1.08. The molecule has 0 saturated heterocycles. The average Bonchev–Trinajstić information content (AvgIpc) is 2.43. The van der Waals surface area contributed by atoms with Crippen molar-refractivity contribution in [1.82, 2.24) is 9.61 Å². The number of aromatic nitrogens is 2. The molecule has 62 valence electrons. The maximum Gasteiger partial charge on any atom is 0.0664 e. The predicted octanol–water partition coefficient (Wildman–Crippen LogP) is 1.10. The summed E-state index contributed by atoms with van der Waals surface area (Å²) in [6.07, 6.45) is 1.96. The number of hydrogen-bond acceptors (Lipinski definition) is 2. The van der Waals surface area contributed by atoms with Gasteiger partial charge in [-0.15, -0.1) is 0 Å². The van der Waals surface area contributed by atoms with Crippen LogP contribution < -0.4 is 5.73 Å². The Bertz CT molecular complexity index is 403. The summed E-state index contributed by atoms with van der Waals surface area (Å²) in [7, 11) is 0. The van der Waals surface area contributed by atoms with E-state index in [1.807, 2.05) is 35.8 Å². The average molecular weight is 161 g/mol. The quantitative estimate of drug-likeness (QED) is 0.680. The highest BCUT2D eigenvalue weighted by Crippen LogP contribution is 2.07. The van der Waals surface area contributed by atoms with Gasteiger partial charge < -0.3 is 5.73 Å². The molecule has 0 bridgehead atoms. The van der Waals surface area contributed by atoms with E-state index in [4.69, 9.17) is 5.73 Å². The molecule has 0 radical (unpaired) electrons. The fourth-order valence-corrected chi connectivity index (χ4v) is 1.28. The van der Waals surface area contributed by atoms with Crippen molar-refractivity contribution >= 4 is 5.52 Å². The Labute approximate surface area is 70.8 Å². The second-order valence-corrected chi connectivity index (χ2v) is 2.90. The molecule has 0 aliphatic rings. The number of fused-ring (bicyclic) bond motifs is 1. The van der Waals surface area contributed by atoms with E-state index in [-0.39, 0.29) is 0 Å². The first-order valence-corrected chi connectivity index (χ1v) is 3.94. The van der Waals surface area contributed by atoms with Crippen LogP contribution >= 0.6 is 0 Å². The van der Waals surface area contributed by atoms with Gasteiger partial charge in [-0.2, -0.15) is 5.10 Å². The van der Waals surface area contributed by atoms with E-state index in [1.54, 1.807) is 0 Å². The van der Waals surface area contributed by atoms with Gasteiger partial charge in [0.05, 0.1) is 11.2 Å². The third-order valence-electron chi connectivity index (χ3n) is 1.88. The van der Waals surface area contributed by atoms with Crippen LogP contribution in [0.1, 0.15) is 11.3 Å². The minimum atomic E-state index is 0.564. The smallest absolute Gasteiger partial charge is 0.0664 e. The molecule has 0 aromatic carbocycles. The Morgan fingerprint density at radius 2 is 2.33 bits per heavy atom. The Kier molecular flexibility index (Phi) is 1.59. The molecule has 0 spiro atoms. The normalized spacial score (nSPS) is 10.8. The van der Waals surface area contributed by atoms with E-state index < -0.39 is 0 Å². The Morgan fingerprint density at radius 1 is 1.50 bits per heavy atom. The fraction of sp³-hybridized carbons (Fsp3) is 0.222. The number of nitrogens with two attached hydrogens (primary N) is 1. The van der Waals surface area contributed by atoms with Crippen LogP contribution in [0.3, 0.4) is 0 Å². The minimum absolute atomic E-state index is 0.564. The van der Waals surface area contributed by atoms with Crippen molar-refractivity contribution < 1.29 is 0 Å². The number of pyridine rings is 1. The van der Waals surface area contributed by atoms with Crippen molar-refractivity contribution in [2.24, 2.45) is 5.73 Å². The molecule has 3 nitrogen and oxygen atoms in total. The lowest BCUT2D eigenvalue weighted by molar-refractivity contribution is 0.908. The molecule has 2 aromatic rings. The molecule has 0 atom stereocenters. The summed E-state index contributed by atoms with van der Waals surface area (Å²) in [5, 5.41) is 4.28. The zero-order valence-electron chi connectivity index (χ0n) is 6.99. The van der Waals surface area contributed by atoms with Crippen molar-refractivity contribution in [3.63, 3.8) is 0 Å². The topological polar surface area (TPSA) is 43.3 Å². The van der Waals surface area contributed by atoms with Gasteiger partial charge in [0, 0.05) is 12.7 Å². The molecule has 2 heterocycles. The maximum absolute atomic E-state index is 5.51. The molecule has 0 fully saturated rings.